The summed E-state index contributed by atoms with van der Waals surface area (Å²) < 4.78 is 25.9. The largest absolute Gasteiger partial charge is 0.307 e. The van der Waals surface area contributed by atoms with E-state index in [4.69, 9.17) is 0 Å². The van der Waals surface area contributed by atoms with Gasteiger partial charge in [-0.3, -0.25) is 4.79 Å². The molecule has 1 N–H and O–H groups in total. The van der Waals surface area contributed by atoms with Gasteiger partial charge in [0.05, 0.1) is 0 Å². The molecule has 1 heterocycles. The molecule has 3 nitrogen and oxygen atoms in total. The fourth-order valence-corrected chi connectivity index (χ4v) is 1.28. The quantitative estimate of drug-likeness (QED) is 0.865. The number of halogens is 2. The first-order valence-corrected chi connectivity index (χ1v) is 4.83. The maximum Gasteiger partial charge on any atom is 0.251 e. The number of nitrogens with zero attached hydrogens (tertiary/aromatic N) is 1. The smallest absolute Gasteiger partial charge is 0.251 e. The van der Waals surface area contributed by atoms with Gasteiger partial charge in [0.1, 0.15) is 17.5 Å². The molecule has 0 aliphatic heterocycles. The SMILES string of the molecule is O=c1ccnc(/C=C/c2ccc(F)cc2F)[nH]1. The van der Waals surface area contributed by atoms with Gasteiger partial charge in [0.2, 0.25) is 0 Å². The third kappa shape index (κ3) is 2.84. The zero-order chi connectivity index (χ0) is 12.3. The first kappa shape index (κ1) is 11.2. The number of nitrogens with one attached hydrogen (secondary N) is 1. The van der Waals surface area contributed by atoms with E-state index in [-0.39, 0.29) is 11.1 Å². The van der Waals surface area contributed by atoms with Crippen LogP contribution in [-0.4, -0.2) is 9.97 Å². The van der Waals surface area contributed by atoms with Crippen molar-refractivity contribution in [3.05, 3.63) is 63.8 Å². The number of H-pyrrole nitrogens is 1. The number of rotatable bonds is 2. The molecule has 17 heavy (non-hydrogen) atoms. The topological polar surface area (TPSA) is 45.8 Å². The molecular weight excluding hydrogens is 226 g/mol. The highest BCUT2D eigenvalue weighted by atomic mass is 19.1. The monoisotopic (exact) mass is 234 g/mol. The van der Waals surface area contributed by atoms with Gasteiger partial charge in [0.25, 0.3) is 5.56 Å². The molecule has 0 unspecified atom stereocenters. The second-order valence-corrected chi connectivity index (χ2v) is 3.32. The van der Waals surface area contributed by atoms with E-state index in [9.17, 15) is 13.6 Å². The zero-order valence-corrected chi connectivity index (χ0v) is 8.65. The molecule has 0 bridgehead atoms. The third-order valence-electron chi connectivity index (χ3n) is 2.07. The molecular formula is C12H8F2N2O. The molecule has 5 heteroatoms. The van der Waals surface area contributed by atoms with Crippen LogP contribution in [0, 0.1) is 11.6 Å². The lowest BCUT2D eigenvalue weighted by molar-refractivity contribution is 0.581. The Balaban J connectivity index is 2.29. The Bertz CT molecular complexity index is 620. The van der Waals surface area contributed by atoms with Crippen LogP contribution in [0.3, 0.4) is 0 Å². The van der Waals surface area contributed by atoms with Crippen molar-refractivity contribution in [1.82, 2.24) is 9.97 Å². The van der Waals surface area contributed by atoms with E-state index in [1.807, 2.05) is 0 Å². The van der Waals surface area contributed by atoms with Gasteiger partial charge >= 0.3 is 0 Å². The summed E-state index contributed by atoms with van der Waals surface area (Å²) in [7, 11) is 0. The summed E-state index contributed by atoms with van der Waals surface area (Å²) >= 11 is 0. The highest BCUT2D eigenvalue weighted by molar-refractivity contribution is 5.66. The van der Waals surface area contributed by atoms with Crippen molar-refractivity contribution in [2.45, 2.75) is 0 Å². The van der Waals surface area contributed by atoms with E-state index in [0.717, 1.165) is 12.1 Å². The second kappa shape index (κ2) is 4.69. The lowest BCUT2D eigenvalue weighted by Crippen LogP contribution is -2.05. The minimum absolute atomic E-state index is 0.220. The Morgan fingerprint density at radius 3 is 2.71 bits per heavy atom. The second-order valence-electron chi connectivity index (χ2n) is 3.32. The summed E-state index contributed by atoms with van der Waals surface area (Å²) in [4.78, 5) is 17.3. The van der Waals surface area contributed by atoms with Gasteiger partial charge in [-0.25, -0.2) is 13.8 Å². The minimum Gasteiger partial charge on any atom is -0.307 e. The maximum atomic E-state index is 13.2. The van der Waals surface area contributed by atoms with E-state index in [1.54, 1.807) is 0 Å². The van der Waals surface area contributed by atoms with E-state index >= 15 is 0 Å². The van der Waals surface area contributed by atoms with Crippen LogP contribution >= 0.6 is 0 Å². The summed E-state index contributed by atoms with van der Waals surface area (Å²) in [5, 5.41) is 0. The van der Waals surface area contributed by atoms with Gasteiger partial charge in [-0.15, -0.1) is 0 Å². The summed E-state index contributed by atoms with van der Waals surface area (Å²) in [6, 6.07) is 4.53. The molecule has 0 aliphatic carbocycles. The van der Waals surface area contributed by atoms with Crippen LogP contribution in [-0.2, 0) is 0 Å². The summed E-state index contributed by atoms with van der Waals surface area (Å²) in [5.74, 6) is -0.994. The Labute approximate surface area is 95.5 Å². The summed E-state index contributed by atoms with van der Waals surface area (Å²) in [5.41, 5.74) is -0.0721. The highest BCUT2D eigenvalue weighted by Crippen LogP contribution is 2.11. The molecule has 0 radical (unpaired) electrons. The van der Waals surface area contributed by atoms with Crippen molar-refractivity contribution in [2.24, 2.45) is 0 Å². The fraction of sp³-hybridized carbons (Fsp3) is 0. The summed E-state index contributed by atoms with van der Waals surface area (Å²) in [6.45, 7) is 0. The Morgan fingerprint density at radius 1 is 1.18 bits per heavy atom. The lowest BCUT2D eigenvalue weighted by atomic mass is 10.2. The normalized spacial score (nSPS) is 10.9. The fourth-order valence-electron chi connectivity index (χ4n) is 1.28. The molecule has 0 atom stereocenters. The van der Waals surface area contributed by atoms with Gasteiger partial charge in [-0.05, 0) is 24.3 Å². The molecule has 0 spiro atoms. The van der Waals surface area contributed by atoms with Crippen molar-refractivity contribution < 1.29 is 8.78 Å². The van der Waals surface area contributed by atoms with Gasteiger partial charge in [-0.2, -0.15) is 0 Å². The van der Waals surface area contributed by atoms with Crippen molar-refractivity contribution >= 4 is 12.2 Å². The van der Waals surface area contributed by atoms with Gasteiger partial charge in [0, 0.05) is 23.9 Å². The van der Waals surface area contributed by atoms with Gasteiger partial charge in [0.15, 0.2) is 0 Å². The molecule has 0 saturated carbocycles. The van der Waals surface area contributed by atoms with E-state index in [2.05, 4.69) is 9.97 Å². The Morgan fingerprint density at radius 2 is 2.00 bits per heavy atom. The van der Waals surface area contributed by atoms with Crippen molar-refractivity contribution in [2.75, 3.05) is 0 Å². The molecule has 0 amide bonds. The maximum absolute atomic E-state index is 13.2. The van der Waals surface area contributed by atoms with Crippen LogP contribution in [0.4, 0.5) is 8.78 Å². The average Bonchev–Trinajstić information content (AvgIpc) is 2.28. The molecule has 1 aromatic heterocycles. The highest BCUT2D eigenvalue weighted by Gasteiger charge is 2.00. The van der Waals surface area contributed by atoms with Crippen LogP contribution in [0.1, 0.15) is 11.4 Å². The predicted molar refractivity (Wildman–Crippen MR) is 60.1 cm³/mol. The standard InChI is InChI=1S/C12H8F2N2O/c13-9-3-1-8(10(14)7-9)2-4-11-15-6-5-12(17)16-11/h1-7H,(H,15,16,17)/b4-2+. The van der Waals surface area contributed by atoms with Gasteiger partial charge in [-0.1, -0.05) is 0 Å². The van der Waals surface area contributed by atoms with Crippen LogP contribution < -0.4 is 5.56 Å². The zero-order valence-electron chi connectivity index (χ0n) is 8.65. The predicted octanol–water partition coefficient (Wildman–Crippen LogP) is 2.22. The molecule has 2 aromatic rings. The van der Waals surface area contributed by atoms with Gasteiger partial charge < -0.3 is 4.98 Å². The Hall–Kier alpha value is -2.30. The number of hydrogen-bond donors (Lipinski definition) is 1. The van der Waals surface area contributed by atoms with Crippen LogP contribution in [0.2, 0.25) is 0 Å². The van der Waals surface area contributed by atoms with Crippen molar-refractivity contribution in [3.8, 4) is 0 Å². The summed E-state index contributed by atoms with van der Waals surface area (Å²) in [6.07, 6.45) is 4.20. The van der Waals surface area contributed by atoms with Crippen molar-refractivity contribution in [3.63, 3.8) is 0 Å². The van der Waals surface area contributed by atoms with Crippen molar-refractivity contribution in [1.29, 1.82) is 0 Å². The lowest BCUT2D eigenvalue weighted by Gasteiger charge is -1.96. The minimum atomic E-state index is -0.667. The third-order valence-corrected chi connectivity index (χ3v) is 2.07. The first-order chi connectivity index (χ1) is 8.15. The van der Waals surface area contributed by atoms with E-state index in [1.165, 1.54) is 30.5 Å². The molecule has 0 fully saturated rings. The molecule has 86 valence electrons. The number of hydrogen-bond acceptors (Lipinski definition) is 2. The molecule has 1 aromatic carbocycles. The van der Waals surface area contributed by atoms with E-state index in [0.29, 0.717) is 5.82 Å². The number of aromatic nitrogens is 2. The van der Waals surface area contributed by atoms with E-state index < -0.39 is 11.6 Å². The first-order valence-electron chi connectivity index (χ1n) is 4.83. The number of aromatic amines is 1. The molecule has 0 saturated heterocycles. The van der Waals surface area contributed by atoms with Crippen LogP contribution in [0.15, 0.2) is 35.3 Å². The van der Waals surface area contributed by atoms with Crippen LogP contribution in [0.25, 0.3) is 12.2 Å². The van der Waals surface area contributed by atoms with Crippen LogP contribution in [0.5, 0.6) is 0 Å². The average molecular weight is 234 g/mol. The molecule has 0 aliphatic rings. The number of benzene rings is 1. The molecule has 2 rings (SSSR count). The Kier molecular flexibility index (Phi) is 3.09.